The van der Waals surface area contributed by atoms with Gasteiger partial charge in [-0.15, -0.1) is 0 Å². The van der Waals surface area contributed by atoms with Crippen LogP contribution in [0.2, 0.25) is 0 Å². The van der Waals surface area contributed by atoms with Crippen molar-refractivity contribution in [3.8, 4) is 0 Å². The summed E-state index contributed by atoms with van der Waals surface area (Å²) in [6, 6.07) is 0. The molecule has 0 aliphatic carbocycles. The quantitative estimate of drug-likeness (QED) is 0.572. The van der Waals surface area contributed by atoms with E-state index in [1.807, 2.05) is 0 Å². The molecule has 0 saturated carbocycles. The van der Waals surface area contributed by atoms with Crippen LogP contribution in [0.1, 0.15) is 20.8 Å². The predicted octanol–water partition coefficient (Wildman–Crippen LogP) is 1.25. The Balaban J connectivity index is 3.01. The third kappa shape index (κ3) is 7.63. The molecule has 0 N–H and O–H groups in total. The Morgan fingerprint density at radius 3 is 2.44 bits per heavy atom. The summed E-state index contributed by atoms with van der Waals surface area (Å²) in [7, 11) is 0. The Kier molecular flexibility index (Phi) is 4.32. The van der Waals surface area contributed by atoms with Gasteiger partial charge in [-0.25, -0.2) is 0 Å². The third-order valence-corrected chi connectivity index (χ3v) is 0.757. The molecule has 0 radical (unpaired) electrons. The molecule has 0 atom stereocenters. The van der Waals surface area contributed by atoms with Crippen molar-refractivity contribution in [1.29, 1.82) is 0 Å². The molecule has 9 heavy (non-hydrogen) atoms. The van der Waals surface area contributed by atoms with Crippen molar-refractivity contribution in [3.63, 3.8) is 0 Å². The molecule has 0 aromatic heterocycles. The fraction of sp³-hybridized carbons (Fsp3) is 0.857. The summed E-state index contributed by atoms with van der Waals surface area (Å²) in [5.74, 6) is 0.611. The first-order valence-electron chi connectivity index (χ1n) is 3.20. The van der Waals surface area contributed by atoms with Crippen molar-refractivity contribution in [1.82, 2.24) is 0 Å². The number of ketones is 1. The first-order valence-corrected chi connectivity index (χ1v) is 3.20. The SMILES string of the molecule is CC(=O)COCC(C)C. The molecule has 2 nitrogen and oxygen atoms in total. The zero-order chi connectivity index (χ0) is 7.28. The fourth-order valence-corrected chi connectivity index (χ4v) is 0.438. The van der Waals surface area contributed by atoms with Crippen molar-refractivity contribution < 1.29 is 9.53 Å². The molecule has 0 rings (SSSR count). The number of rotatable bonds is 4. The van der Waals surface area contributed by atoms with Gasteiger partial charge in [0, 0.05) is 6.61 Å². The van der Waals surface area contributed by atoms with Gasteiger partial charge in [-0.1, -0.05) is 13.8 Å². The zero-order valence-electron chi connectivity index (χ0n) is 6.31. The number of Topliss-reactive ketones (excluding diaryl/α,β-unsaturated/α-hetero) is 1. The Morgan fingerprint density at radius 1 is 1.56 bits per heavy atom. The van der Waals surface area contributed by atoms with E-state index in [0.717, 1.165) is 0 Å². The molecule has 0 heterocycles. The Morgan fingerprint density at radius 2 is 2.11 bits per heavy atom. The second-order valence-corrected chi connectivity index (χ2v) is 2.61. The van der Waals surface area contributed by atoms with E-state index >= 15 is 0 Å². The molecule has 0 fully saturated rings. The van der Waals surface area contributed by atoms with Crippen LogP contribution in [0.4, 0.5) is 0 Å². The molecule has 0 aliphatic rings. The summed E-state index contributed by atoms with van der Waals surface area (Å²) >= 11 is 0. The molecule has 0 aliphatic heterocycles. The van der Waals surface area contributed by atoms with Gasteiger partial charge in [0.2, 0.25) is 0 Å². The van der Waals surface area contributed by atoms with Crippen LogP contribution in [-0.4, -0.2) is 19.0 Å². The maximum atomic E-state index is 10.3. The van der Waals surface area contributed by atoms with E-state index in [1.165, 1.54) is 6.92 Å². The van der Waals surface area contributed by atoms with Gasteiger partial charge in [0.25, 0.3) is 0 Å². The fourth-order valence-electron chi connectivity index (χ4n) is 0.438. The maximum absolute atomic E-state index is 10.3. The molecule has 0 saturated heterocycles. The van der Waals surface area contributed by atoms with Crippen LogP contribution in [0.5, 0.6) is 0 Å². The minimum atomic E-state index is 0.0932. The molecule has 54 valence electrons. The van der Waals surface area contributed by atoms with E-state index in [4.69, 9.17) is 4.74 Å². The lowest BCUT2D eigenvalue weighted by Gasteiger charge is -2.02. The number of carbonyl (C=O) groups is 1. The van der Waals surface area contributed by atoms with Crippen LogP contribution in [0.3, 0.4) is 0 Å². The molecule has 2 heteroatoms. The van der Waals surface area contributed by atoms with E-state index in [1.54, 1.807) is 0 Å². The standard InChI is InChI=1S/C7H14O2/c1-6(2)4-9-5-7(3)8/h6H,4-5H2,1-3H3. The first-order chi connectivity index (χ1) is 4.13. The van der Waals surface area contributed by atoms with Gasteiger partial charge in [0.1, 0.15) is 6.61 Å². The third-order valence-electron chi connectivity index (χ3n) is 0.757. The average Bonchev–Trinajstić information content (AvgIpc) is 1.63. The Bertz CT molecular complexity index is 86.9. The van der Waals surface area contributed by atoms with E-state index in [2.05, 4.69) is 13.8 Å². The van der Waals surface area contributed by atoms with E-state index in [0.29, 0.717) is 12.5 Å². The van der Waals surface area contributed by atoms with Crippen molar-refractivity contribution in [2.45, 2.75) is 20.8 Å². The summed E-state index contributed by atoms with van der Waals surface area (Å²) < 4.78 is 5.01. The van der Waals surface area contributed by atoms with E-state index < -0.39 is 0 Å². The van der Waals surface area contributed by atoms with Crippen LogP contribution < -0.4 is 0 Å². The number of hydrogen-bond donors (Lipinski definition) is 0. The van der Waals surface area contributed by atoms with Gasteiger partial charge >= 0.3 is 0 Å². The van der Waals surface area contributed by atoms with Crippen LogP contribution in [-0.2, 0) is 9.53 Å². The summed E-state index contributed by atoms with van der Waals surface area (Å²) in [4.78, 5) is 10.3. The topological polar surface area (TPSA) is 26.3 Å². The summed E-state index contributed by atoms with van der Waals surface area (Å²) in [6.07, 6.45) is 0. The summed E-state index contributed by atoms with van der Waals surface area (Å²) in [6.45, 7) is 6.58. The molecule has 0 spiro atoms. The lowest BCUT2D eigenvalue weighted by Crippen LogP contribution is -2.08. The Labute approximate surface area is 56.2 Å². The van der Waals surface area contributed by atoms with Crippen LogP contribution >= 0.6 is 0 Å². The van der Waals surface area contributed by atoms with Gasteiger partial charge in [-0.05, 0) is 12.8 Å². The highest BCUT2D eigenvalue weighted by molar-refractivity contribution is 5.76. The highest BCUT2D eigenvalue weighted by Crippen LogP contribution is 1.91. The molecule has 0 bridgehead atoms. The van der Waals surface area contributed by atoms with Gasteiger partial charge < -0.3 is 4.74 Å². The highest BCUT2D eigenvalue weighted by atomic mass is 16.5. The predicted molar refractivity (Wildman–Crippen MR) is 36.3 cm³/mol. The van der Waals surface area contributed by atoms with Crippen molar-refractivity contribution >= 4 is 5.78 Å². The normalized spacial score (nSPS) is 10.2. The van der Waals surface area contributed by atoms with Crippen LogP contribution in [0.25, 0.3) is 0 Å². The number of hydrogen-bond acceptors (Lipinski definition) is 2. The first kappa shape index (κ1) is 8.63. The Hall–Kier alpha value is -0.370. The molecule has 0 aromatic rings. The lowest BCUT2D eigenvalue weighted by atomic mass is 10.2. The van der Waals surface area contributed by atoms with Gasteiger partial charge in [0.15, 0.2) is 5.78 Å². The van der Waals surface area contributed by atoms with Crippen molar-refractivity contribution in [2.24, 2.45) is 5.92 Å². The zero-order valence-corrected chi connectivity index (χ0v) is 6.31. The van der Waals surface area contributed by atoms with Crippen LogP contribution in [0.15, 0.2) is 0 Å². The highest BCUT2D eigenvalue weighted by Gasteiger charge is 1.94. The van der Waals surface area contributed by atoms with Gasteiger partial charge in [-0.2, -0.15) is 0 Å². The number of carbonyl (C=O) groups excluding carboxylic acids is 1. The molecule has 0 aromatic carbocycles. The smallest absolute Gasteiger partial charge is 0.155 e. The van der Waals surface area contributed by atoms with E-state index in [-0.39, 0.29) is 12.4 Å². The minimum Gasteiger partial charge on any atom is -0.373 e. The summed E-state index contributed by atoms with van der Waals surface area (Å²) in [5.41, 5.74) is 0. The van der Waals surface area contributed by atoms with Crippen molar-refractivity contribution in [2.75, 3.05) is 13.2 Å². The number of ether oxygens (including phenoxy) is 1. The second-order valence-electron chi connectivity index (χ2n) is 2.61. The maximum Gasteiger partial charge on any atom is 0.155 e. The minimum absolute atomic E-state index is 0.0932. The molecule has 0 unspecified atom stereocenters. The molecular weight excluding hydrogens is 116 g/mol. The summed E-state index contributed by atoms with van der Waals surface area (Å²) in [5, 5.41) is 0. The van der Waals surface area contributed by atoms with Gasteiger partial charge in [-0.3, -0.25) is 4.79 Å². The average molecular weight is 130 g/mol. The second kappa shape index (κ2) is 4.50. The van der Waals surface area contributed by atoms with Crippen molar-refractivity contribution in [3.05, 3.63) is 0 Å². The molecular formula is C7H14O2. The monoisotopic (exact) mass is 130 g/mol. The van der Waals surface area contributed by atoms with Gasteiger partial charge in [0.05, 0.1) is 0 Å². The van der Waals surface area contributed by atoms with Crippen LogP contribution in [0, 0.1) is 5.92 Å². The molecule has 0 amide bonds. The lowest BCUT2D eigenvalue weighted by molar-refractivity contribution is -0.121. The largest absolute Gasteiger partial charge is 0.373 e. The van der Waals surface area contributed by atoms with E-state index in [9.17, 15) is 4.79 Å².